The maximum absolute atomic E-state index is 2.66. The summed E-state index contributed by atoms with van der Waals surface area (Å²) < 4.78 is 0. The van der Waals surface area contributed by atoms with Crippen LogP contribution in [0.5, 0.6) is 0 Å². The van der Waals surface area contributed by atoms with E-state index in [1.165, 1.54) is 106 Å². The fourth-order valence-electron chi connectivity index (χ4n) is 10.8. The highest BCUT2D eigenvalue weighted by atomic mass is 15.1. The second kappa shape index (κ2) is 11.2. The zero-order valence-electron chi connectivity index (χ0n) is 32.3. The Morgan fingerprint density at radius 1 is 0.549 bits per heavy atom. The van der Waals surface area contributed by atoms with E-state index < -0.39 is 0 Å². The summed E-state index contributed by atoms with van der Waals surface area (Å²) in [6.45, 7) is 21.9. The molecule has 1 atom stereocenters. The van der Waals surface area contributed by atoms with Crippen LogP contribution in [0.2, 0.25) is 0 Å². The lowest BCUT2D eigenvalue weighted by Crippen LogP contribution is -2.35. The van der Waals surface area contributed by atoms with Gasteiger partial charge in [-0.2, -0.15) is 0 Å². The average Bonchev–Trinajstić information content (AvgIpc) is 3.50. The van der Waals surface area contributed by atoms with Crippen LogP contribution in [0, 0.1) is 0 Å². The Kier molecular flexibility index (Phi) is 7.20. The van der Waals surface area contributed by atoms with Crippen LogP contribution in [0.3, 0.4) is 0 Å². The van der Waals surface area contributed by atoms with Gasteiger partial charge in [-0.3, -0.25) is 0 Å². The summed E-state index contributed by atoms with van der Waals surface area (Å²) >= 11 is 0. The third-order valence-corrected chi connectivity index (χ3v) is 14.1. The molecule has 5 aromatic carbocycles. The molecule has 0 saturated carbocycles. The fraction of sp³-hybridized carbons (Fsp3) is 0.400. The molecule has 0 N–H and O–H groups in total. The minimum absolute atomic E-state index is 0.00136. The van der Waals surface area contributed by atoms with Gasteiger partial charge in [0.05, 0.1) is 0 Å². The van der Waals surface area contributed by atoms with Crippen LogP contribution in [0.1, 0.15) is 137 Å². The second-order valence-corrected chi connectivity index (χ2v) is 18.1. The molecular formula is C50H55N. The highest BCUT2D eigenvalue weighted by molar-refractivity contribution is 5.83. The van der Waals surface area contributed by atoms with Crippen LogP contribution in [0.15, 0.2) is 91.0 Å². The zero-order valence-corrected chi connectivity index (χ0v) is 32.3. The molecule has 0 radical (unpaired) electrons. The van der Waals surface area contributed by atoms with Crippen LogP contribution < -0.4 is 4.90 Å². The van der Waals surface area contributed by atoms with Crippen molar-refractivity contribution in [1.82, 2.24) is 0 Å². The molecule has 260 valence electrons. The van der Waals surface area contributed by atoms with Crippen LogP contribution >= 0.6 is 0 Å². The van der Waals surface area contributed by atoms with E-state index in [2.05, 4.69) is 151 Å². The molecule has 9 rings (SSSR count). The summed E-state index contributed by atoms with van der Waals surface area (Å²) in [7, 11) is 0. The van der Waals surface area contributed by atoms with Gasteiger partial charge < -0.3 is 4.90 Å². The first-order valence-corrected chi connectivity index (χ1v) is 19.8. The molecule has 4 aliphatic rings. The average molecular weight is 670 g/mol. The van der Waals surface area contributed by atoms with E-state index in [4.69, 9.17) is 0 Å². The quantitative estimate of drug-likeness (QED) is 0.174. The van der Waals surface area contributed by atoms with Crippen molar-refractivity contribution in [2.24, 2.45) is 0 Å². The van der Waals surface area contributed by atoms with Crippen molar-refractivity contribution in [2.75, 3.05) is 18.0 Å². The molecule has 1 heteroatoms. The van der Waals surface area contributed by atoms with E-state index in [-0.39, 0.29) is 21.7 Å². The first-order chi connectivity index (χ1) is 24.4. The number of nitrogens with zero attached hydrogens (tertiary/aromatic N) is 1. The molecule has 2 aliphatic carbocycles. The maximum Gasteiger partial charge on any atom is 0.0431 e. The van der Waals surface area contributed by atoms with E-state index in [9.17, 15) is 0 Å². The highest BCUT2D eigenvalue weighted by Crippen LogP contribution is 2.54. The summed E-state index contributed by atoms with van der Waals surface area (Å²) in [6, 6.07) is 36.4. The van der Waals surface area contributed by atoms with Gasteiger partial charge in [0.1, 0.15) is 0 Å². The number of fused-ring (bicyclic) bond motifs is 6. The van der Waals surface area contributed by atoms with Crippen LogP contribution in [-0.4, -0.2) is 13.1 Å². The highest BCUT2D eigenvalue weighted by Gasteiger charge is 2.41. The number of hydrogen-bond acceptors (Lipinski definition) is 1. The van der Waals surface area contributed by atoms with E-state index >= 15 is 0 Å². The van der Waals surface area contributed by atoms with E-state index in [1.807, 2.05) is 0 Å². The monoisotopic (exact) mass is 669 g/mol. The molecule has 0 saturated heterocycles. The smallest absolute Gasteiger partial charge is 0.0431 e. The van der Waals surface area contributed by atoms with Crippen molar-refractivity contribution in [3.63, 3.8) is 0 Å². The standard InChI is InChI=1S/C50H55N/c1-9-24-50(8,35-19-22-39-38-16-10-11-17-42(38)48(4,5)44(39)30-35)36-20-23-41-40-21-18-34(29-43(40)49(6,7)45(41)31-36)47(2,3)37-27-32-14-12-25-51-26-13-15-33(28-37)46(32)51/h10-11,16-23,27-31H,9,12-15,24-26H2,1-8H3. The van der Waals surface area contributed by atoms with Crippen LogP contribution in [-0.2, 0) is 34.5 Å². The molecule has 0 bridgehead atoms. The lowest BCUT2D eigenvalue weighted by Gasteiger charge is -2.39. The Morgan fingerprint density at radius 3 is 1.57 bits per heavy atom. The zero-order chi connectivity index (χ0) is 35.5. The molecular weight excluding hydrogens is 615 g/mol. The number of benzene rings is 5. The fourth-order valence-corrected chi connectivity index (χ4v) is 10.8. The Morgan fingerprint density at radius 2 is 1.02 bits per heavy atom. The van der Waals surface area contributed by atoms with Gasteiger partial charge in [0, 0.05) is 40.4 Å². The van der Waals surface area contributed by atoms with E-state index in [0.717, 1.165) is 12.8 Å². The second-order valence-electron chi connectivity index (χ2n) is 18.1. The van der Waals surface area contributed by atoms with Gasteiger partial charge in [-0.25, -0.2) is 0 Å². The number of rotatable bonds is 6. The molecule has 0 amide bonds. The molecule has 0 spiro atoms. The van der Waals surface area contributed by atoms with Gasteiger partial charge in [-0.15, -0.1) is 0 Å². The Balaban J connectivity index is 1.09. The third-order valence-electron chi connectivity index (χ3n) is 14.1. The predicted octanol–water partition coefficient (Wildman–Crippen LogP) is 12.4. The van der Waals surface area contributed by atoms with Gasteiger partial charge in [-0.1, -0.05) is 153 Å². The first kappa shape index (κ1) is 32.8. The van der Waals surface area contributed by atoms with Crippen molar-refractivity contribution in [1.29, 1.82) is 0 Å². The summed E-state index contributed by atoms with van der Waals surface area (Å²) in [6.07, 6.45) is 7.24. The summed E-state index contributed by atoms with van der Waals surface area (Å²) in [4.78, 5) is 2.66. The van der Waals surface area contributed by atoms with Gasteiger partial charge in [-0.05, 0) is 110 Å². The maximum atomic E-state index is 2.66. The van der Waals surface area contributed by atoms with Gasteiger partial charge in [0.2, 0.25) is 0 Å². The molecule has 1 unspecified atom stereocenters. The summed E-state index contributed by atoms with van der Waals surface area (Å²) in [5.74, 6) is 0. The molecule has 51 heavy (non-hydrogen) atoms. The van der Waals surface area contributed by atoms with Crippen LogP contribution in [0.25, 0.3) is 22.3 Å². The molecule has 0 aromatic heterocycles. The first-order valence-electron chi connectivity index (χ1n) is 19.8. The lowest BCUT2D eigenvalue weighted by atomic mass is 9.70. The van der Waals surface area contributed by atoms with Crippen molar-refractivity contribution in [2.45, 2.75) is 116 Å². The molecule has 2 aliphatic heterocycles. The lowest BCUT2D eigenvalue weighted by molar-refractivity contribution is 0.508. The van der Waals surface area contributed by atoms with E-state index in [1.54, 1.807) is 16.8 Å². The minimum Gasteiger partial charge on any atom is -0.371 e. The van der Waals surface area contributed by atoms with Crippen molar-refractivity contribution < 1.29 is 0 Å². The predicted molar refractivity (Wildman–Crippen MR) is 217 cm³/mol. The molecule has 2 heterocycles. The Bertz CT molecular complexity index is 2200. The Labute approximate surface area is 307 Å². The number of anilines is 1. The topological polar surface area (TPSA) is 3.24 Å². The SMILES string of the molecule is CCCC(C)(c1ccc2c(c1)C(C)(C)c1ccccc1-2)c1ccc2c(c1)C(C)(C)c1cc(C(C)(C)c3cc4c5c(c3)CCCN5CCC4)ccc1-2. The van der Waals surface area contributed by atoms with E-state index in [0.29, 0.717) is 0 Å². The molecule has 0 fully saturated rings. The van der Waals surface area contributed by atoms with Crippen LogP contribution in [0.4, 0.5) is 5.69 Å². The third kappa shape index (κ3) is 4.65. The van der Waals surface area contributed by atoms with Crippen molar-refractivity contribution >= 4 is 5.69 Å². The summed E-state index contributed by atoms with van der Waals surface area (Å²) in [5.41, 5.74) is 21.7. The van der Waals surface area contributed by atoms with Gasteiger partial charge in [0.25, 0.3) is 0 Å². The Hall–Kier alpha value is -4.10. The van der Waals surface area contributed by atoms with Gasteiger partial charge in [0.15, 0.2) is 0 Å². The van der Waals surface area contributed by atoms with Crippen molar-refractivity contribution in [3.05, 3.63) is 147 Å². The molecule has 1 nitrogen and oxygen atoms in total. The number of aryl methyl sites for hydroxylation is 2. The minimum atomic E-state index is -0.0796. The van der Waals surface area contributed by atoms with Crippen molar-refractivity contribution in [3.8, 4) is 22.3 Å². The summed E-state index contributed by atoms with van der Waals surface area (Å²) in [5, 5.41) is 0. The normalized spacial score (nSPS) is 18.7. The number of hydrogen-bond donors (Lipinski definition) is 0. The molecule has 5 aromatic rings. The van der Waals surface area contributed by atoms with Gasteiger partial charge >= 0.3 is 0 Å². The largest absolute Gasteiger partial charge is 0.371 e.